The molecule has 3 N–H and O–H groups in total. The molecule has 2 aliphatic heterocycles. The SMILES string of the molecule is CCCC(=O)N1CCN(Cc2ccc(C(=O)Cc3ccc(C)c(Cc4nccc(-c5cccnc5)n4)c3)cc2)CC1.CCCCCC(=O)N[C@H](C(=O)N1C[C@H](O)C[C@H]1C(=O)NCc1ccc(-c2scnc2C)cc1)C(C)(C)C. The van der Waals surface area contributed by atoms with Crippen molar-refractivity contribution in [3.8, 4) is 21.7 Å². The molecule has 2 saturated heterocycles. The van der Waals surface area contributed by atoms with E-state index in [0.29, 0.717) is 32.2 Å². The van der Waals surface area contributed by atoms with Gasteiger partial charge in [0, 0.05) is 108 Å². The Labute approximate surface area is 464 Å². The number of hydrogen-bond donors (Lipinski definition) is 3. The first-order chi connectivity index (χ1) is 37.5. The molecule has 15 nitrogen and oxygen atoms in total. The van der Waals surface area contributed by atoms with E-state index in [0.717, 1.165) is 119 Å². The molecule has 8 rings (SSSR count). The molecule has 0 radical (unpaired) electrons. The Morgan fingerprint density at radius 3 is 2.21 bits per heavy atom. The summed E-state index contributed by atoms with van der Waals surface area (Å²) in [5, 5.41) is 16.2. The number of piperazine rings is 1. The van der Waals surface area contributed by atoms with E-state index in [1.807, 2.05) is 106 Å². The smallest absolute Gasteiger partial charge is 0.246 e. The van der Waals surface area contributed by atoms with Gasteiger partial charge in [-0.1, -0.05) is 114 Å². The fourth-order valence-corrected chi connectivity index (χ4v) is 10.6. The van der Waals surface area contributed by atoms with Crippen LogP contribution in [0.1, 0.15) is 129 Å². The van der Waals surface area contributed by atoms with Crippen LogP contribution in [0.25, 0.3) is 21.7 Å². The van der Waals surface area contributed by atoms with Crippen LogP contribution in [0.2, 0.25) is 0 Å². The molecule has 0 unspecified atom stereocenters. The highest BCUT2D eigenvalue weighted by Gasteiger charge is 2.44. The van der Waals surface area contributed by atoms with Gasteiger partial charge in [0.05, 0.1) is 27.9 Å². The Morgan fingerprint density at radius 1 is 0.808 bits per heavy atom. The highest BCUT2D eigenvalue weighted by molar-refractivity contribution is 7.13. The molecular weight excluding hydrogens is 999 g/mol. The molecule has 2 aliphatic rings. The van der Waals surface area contributed by atoms with Crippen LogP contribution in [0.4, 0.5) is 0 Å². The van der Waals surface area contributed by atoms with Gasteiger partial charge in [0.25, 0.3) is 0 Å². The molecule has 4 amide bonds. The van der Waals surface area contributed by atoms with Gasteiger partial charge < -0.3 is 25.5 Å². The van der Waals surface area contributed by atoms with E-state index >= 15 is 0 Å². The lowest BCUT2D eigenvalue weighted by atomic mass is 9.85. The zero-order valence-corrected chi connectivity index (χ0v) is 47.3. The second-order valence-corrected chi connectivity index (χ2v) is 22.5. The van der Waals surface area contributed by atoms with Crippen LogP contribution in [0.3, 0.4) is 0 Å². The molecule has 0 spiro atoms. The van der Waals surface area contributed by atoms with Crippen LogP contribution in [0.15, 0.2) is 109 Å². The summed E-state index contributed by atoms with van der Waals surface area (Å²) in [6, 6.07) is 26.3. The maximum absolute atomic E-state index is 13.6. The monoisotopic (exact) mass is 1080 g/mol. The number of carbonyl (C=O) groups is 5. The number of nitrogens with zero attached hydrogens (tertiary/aromatic N) is 7. The summed E-state index contributed by atoms with van der Waals surface area (Å²) >= 11 is 1.59. The van der Waals surface area contributed by atoms with Crippen LogP contribution in [0.5, 0.6) is 0 Å². The number of ketones is 1. The van der Waals surface area contributed by atoms with E-state index in [1.165, 1.54) is 10.5 Å². The number of carbonyl (C=O) groups excluding carboxylic acids is 5. The maximum Gasteiger partial charge on any atom is 0.246 e. The lowest BCUT2D eigenvalue weighted by Gasteiger charge is -2.35. The molecule has 0 bridgehead atoms. The van der Waals surface area contributed by atoms with Crippen molar-refractivity contribution in [3.05, 3.63) is 154 Å². The third-order valence-corrected chi connectivity index (χ3v) is 15.4. The van der Waals surface area contributed by atoms with Gasteiger partial charge in [0.1, 0.15) is 17.9 Å². The molecular formula is C62H77N9O6S. The second kappa shape index (κ2) is 28.0. The number of hydrogen-bond acceptors (Lipinski definition) is 12. The van der Waals surface area contributed by atoms with E-state index < -0.39 is 23.6 Å². The van der Waals surface area contributed by atoms with Gasteiger partial charge in [-0.3, -0.25) is 33.9 Å². The van der Waals surface area contributed by atoms with Gasteiger partial charge >= 0.3 is 0 Å². The van der Waals surface area contributed by atoms with Crippen LogP contribution >= 0.6 is 11.3 Å². The molecule has 0 saturated carbocycles. The molecule has 2 fully saturated rings. The predicted octanol–water partition coefficient (Wildman–Crippen LogP) is 9.12. The second-order valence-electron chi connectivity index (χ2n) is 21.6. The average Bonchev–Trinajstić information content (AvgIpc) is 4.10. The summed E-state index contributed by atoms with van der Waals surface area (Å²) < 4.78 is 0. The summed E-state index contributed by atoms with van der Waals surface area (Å²) in [7, 11) is 0. The van der Waals surface area contributed by atoms with Crippen molar-refractivity contribution < 1.29 is 29.1 Å². The molecule has 6 aromatic rings. The highest BCUT2D eigenvalue weighted by atomic mass is 32.1. The fourth-order valence-electron chi connectivity index (χ4n) is 9.77. The summed E-state index contributed by atoms with van der Waals surface area (Å²) in [5.41, 5.74) is 11.2. The Morgan fingerprint density at radius 2 is 1.54 bits per heavy atom. The highest BCUT2D eigenvalue weighted by Crippen LogP contribution is 2.29. The van der Waals surface area contributed by atoms with Crippen LogP contribution in [-0.4, -0.2) is 120 Å². The molecule has 3 aromatic heterocycles. The van der Waals surface area contributed by atoms with E-state index in [4.69, 9.17) is 4.98 Å². The number of nitrogens with one attached hydrogen (secondary N) is 2. The number of thiazole rings is 1. The summed E-state index contributed by atoms with van der Waals surface area (Å²) in [6.45, 7) is 18.4. The van der Waals surface area contributed by atoms with Crippen LogP contribution in [0, 0.1) is 19.3 Å². The lowest BCUT2D eigenvalue weighted by molar-refractivity contribution is -0.144. The number of amides is 4. The molecule has 5 heterocycles. The normalized spacial score (nSPS) is 16.0. The molecule has 3 atom stereocenters. The predicted molar refractivity (Wildman–Crippen MR) is 306 cm³/mol. The zero-order valence-electron chi connectivity index (χ0n) is 46.5. The first-order valence-electron chi connectivity index (χ1n) is 27.5. The minimum Gasteiger partial charge on any atom is -0.391 e. The summed E-state index contributed by atoms with van der Waals surface area (Å²) in [6.07, 6.45) is 10.3. The van der Waals surface area contributed by atoms with Crippen LogP contribution in [-0.2, 0) is 45.1 Å². The van der Waals surface area contributed by atoms with Crippen LogP contribution < -0.4 is 10.6 Å². The van der Waals surface area contributed by atoms with Crippen molar-refractivity contribution in [1.82, 2.24) is 45.3 Å². The minimum atomic E-state index is -0.789. The van der Waals surface area contributed by atoms with E-state index in [2.05, 4.69) is 68.6 Å². The largest absolute Gasteiger partial charge is 0.391 e. The van der Waals surface area contributed by atoms with Gasteiger partial charge in [-0.25, -0.2) is 15.0 Å². The average molecular weight is 1080 g/mol. The Kier molecular flexibility index (Phi) is 21.1. The Bertz CT molecular complexity index is 2950. The molecule has 412 valence electrons. The Balaban J connectivity index is 0.000000228. The lowest BCUT2D eigenvalue weighted by Crippen LogP contribution is -2.57. The minimum absolute atomic E-state index is 0.0676. The quantitative estimate of drug-likeness (QED) is 0.0488. The van der Waals surface area contributed by atoms with Crippen molar-refractivity contribution in [2.45, 2.75) is 138 Å². The van der Waals surface area contributed by atoms with E-state index in [-0.39, 0.29) is 42.4 Å². The van der Waals surface area contributed by atoms with Crippen molar-refractivity contribution >= 4 is 40.7 Å². The number of aliphatic hydroxyl groups excluding tert-OH is 1. The molecule has 3 aromatic carbocycles. The molecule has 16 heteroatoms. The number of likely N-dealkylation sites (tertiary alicyclic amines) is 1. The number of aryl methyl sites for hydroxylation is 2. The van der Waals surface area contributed by atoms with E-state index in [1.54, 1.807) is 29.9 Å². The number of unbranched alkanes of at least 4 members (excludes halogenated alkanes) is 2. The third-order valence-electron chi connectivity index (χ3n) is 14.4. The van der Waals surface area contributed by atoms with Gasteiger partial charge in [-0.2, -0.15) is 0 Å². The van der Waals surface area contributed by atoms with E-state index in [9.17, 15) is 29.1 Å². The number of benzene rings is 3. The summed E-state index contributed by atoms with van der Waals surface area (Å²) in [4.78, 5) is 89.2. The number of aliphatic hydroxyl groups is 1. The summed E-state index contributed by atoms with van der Waals surface area (Å²) in [5.74, 6) is 0.289. The van der Waals surface area contributed by atoms with Gasteiger partial charge in [0.15, 0.2) is 5.78 Å². The topological polar surface area (TPSA) is 191 Å². The molecule has 0 aliphatic carbocycles. The first-order valence-corrected chi connectivity index (χ1v) is 28.4. The van der Waals surface area contributed by atoms with Crippen molar-refractivity contribution in [3.63, 3.8) is 0 Å². The maximum atomic E-state index is 13.6. The number of aromatic nitrogens is 4. The van der Waals surface area contributed by atoms with Crippen molar-refractivity contribution in [1.29, 1.82) is 0 Å². The third kappa shape index (κ3) is 16.5. The van der Waals surface area contributed by atoms with Crippen molar-refractivity contribution in [2.24, 2.45) is 5.41 Å². The first kappa shape index (κ1) is 58.7. The molecule has 78 heavy (non-hydrogen) atoms. The van der Waals surface area contributed by atoms with Crippen molar-refractivity contribution in [2.75, 3.05) is 32.7 Å². The zero-order chi connectivity index (χ0) is 55.8. The number of Topliss-reactive ketones (excluding diaryl/α,β-unsaturated/α-hetero) is 1. The van der Waals surface area contributed by atoms with Gasteiger partial charge in [0.2, 0.25) is 23.6 Å². The number of β-amino-alcohol motifs (C(OH)–C–C–N with tert-alkyl or cyclic N) is 1. The fraction of sp³-hybridized carbons (Fsp3) is 0.435. The van der Waals surface area contributed by atoms with Gasteiger partial charge in [-0.05, 0) is 83.7 Å². The Hall–Kier alpha value is -7.01. The number of pyridine rings is 1. The number of rotatable bonds is 20. The van der Waals surface area contributed by atoms with Gasteiger partial charge in [-0.15, -0.1) is 11.3 Å². The standard InChI is InChI=1S/C34H37N5O2.C28H40N4O4S/c1-3-5-34(41)39-18-16-38(17-19-39)24-26-9-11-28(12-10-26)32(40)21-27-8-7-25(2)30(20-27)22-33-36-15-13-31(37-33)29-6-4-14-35-23-29;1-6-7-8-9-23(34)31-25(28(3,4)5)27(36)32-16-21(33)14-22(32)26(35)29-15-19-10-12-20(13-11-19)24-18(2)30-17-37-24/h4,6-15,20,23H,3,5,16-19,21-22,24H2,1-2H3;10-13,17,21-22,25,33H,6-9,14-16H2,1-5H3,(H,29,35)(H,31,34)/t;21-,22+,25-/m.1/s1.